The first-order valence-corrected chi connectivity index (χ1v) is 11.7. The fraction of sp³-hybridized carbons (Fsp3) is 0.417. The zero-order valence-electron chi connectivity index (χ0n) is 17.5. The first kappa shape index (κ1) is 23.9. The van der Waals surface area contributed by atoms with Crippen LogP contribution in [0.5, 0.6) is 0 Å². The average Bonchev–Trinajstić information content (AvgIpc) is 2.74. The maximum atomic E-state index is 13.3. The highest BCUT2D eigenvalue weighted by Crippen LogP contribution is 2.23. The van der Waals surface area contributed by atoms with Gasteiger partial charge in [-0.1, -0.05) is 72.3 Å². The molecule has 0 bridgehead atoms. The zero-order valence-corrected chi connectivity index (χ0v) is 19.8. The molecule has 1 aliphatic rings. The summed E-state index contributed by atoms with van der Waals surface area (Å²) in [5.41, 5.74) is 1.53. The van der Waals surface area contributed by atoms with Crippen molar-refractivity contribution in [3.8, 4) is 0 Å². The van der Waals surface area contributed by atoms with Gasteiger partial charge in [0.25, 0.3) is 0 Å². The number of benzene rings is 2. The number of rotatable bonds is 7. The fourth-order valence-electron chi connectivity index (χ4n) is 3.91. The number of nitrogens with zero attached hydrogens (tertiary/aromatic N) is 1. The van der Waals surface area contributed by atoms with Crippen LogP contribution in [0.25, 0.3) is 0 Å². The molecule has 0 saturated heterocycles. The summed E-state index contributed by atoms with van der Waals surface area (Å²) in [4.78, 5) is 27.9. The standard InChI is InChI=1S/C24H27Cl3N2O2/c1-16(24(31)28-21-8-3-2-4-9-21)29(15-17-6-5-7-19(25)12-17)23(30)13-18-10-11-20(26)14-22(18)27/h5-7,10-12,14,16,21H,2-4,8-9,13,15H2,1H3,(H,28,31). The number of nitrogens with one attached hydrogen (secondary N) is 1. The van der Waals surface area contributed by atoms with Gasteiger partial charge in [-0.05, 0) is 55.2 Å². The van der Waals surface area contributed by atoms with E-state index in [-0.39, 0.29) is 30.8 Å². The van der Waals surface area contributed by atoms with Crippen molar-refractivity contribution in [1.82, 2.24) is 10.2 Å². The van der Waals surface area contributed by atoms with Gasteiger partial charge in [0, 0.05) is 27.7 Å². The number of hydrogen-bond acceptors (Lipinski definition) is 2. The highest BCUT2D eigenvalue weighted by atomic mass is 35.5. The number of carbonyl (C=O) groups excluding carboxylic acids is 2. The summed E-state index contributed by atoms with van der Waals surface area (Å²) in [5.74, 6) is -0.319. The highest BCUT2D eigenvalue weighted by molar-refractivity contribution is 6.35. The Balaban J connectivity index is 1.78. The molecule has 1 atom stereocenters. The normalized spacial score (nSPS) is 15.4. The van der Waals surface area contributed by atoms with Crippen molar-refractivity contribution in [1.29, 1.82) is 0 Å². The van der Waals surface area contributed by atoms with Gasteiger partial charge in [-0.3, -0.25) is 9.59 Å². The largest absolute Gasteiger partial charge is 0.352 e. The van der Waals surface area contributed by atoms with Gasteiger partial charge >= 0.3 is 0 Å². The van der Waals surface area contributed by atoms with Crippen LogP contribution in [0.3, 0.4) is 0 Å². The van der Waals surface area contributed by atoms with E-state index < -0.39 is 6.04 Å². The van der Waals surface area contributed by atoms with E-state index in [2.05, 4.69) is 5.32 Å². The van der Waals surface area contributed by atoms with E-state index in [1.807, 2.05) is 18.2 Å². The monoisotopic (exact) mass is 480 g/mol. The predicted octanol–water partition coefficient (Wildman–Crippen LogP) is 6.06. The van der Waals surface area contributed by atoms with Gasteiger partial charge in [0.2, 0.25) is 11.8 Å². The molecule has 1 saturated carbocycles. The molecule has 2 amide bonds. The average molecular weight is 482 g/mol. The summed E-state index contributed by atoms with van der Waals surface area (Å²) < 4.78 is 0. The van der Waals surface area contributed by atoms with Gasteiger partial charge < -0.3 is 10.2 Å². The molecule has 1 unspecified atom stereocenters. The summed E-state index contributed by atoms with van der Waals surface area (Å²) in [7, 11) is 0. The van der Waals surface area contributed by atoms with Crippen LogP contribution in [0.15, 0.2) is 42.5 Å². The van der Waals surface area contributed by atoms with E-state index in [0.717, 1.165) is 31.2 Å². The van der Waals surface area contributed by atoms with E-state index >= 15 is 0 Å². The van der Waals surface area contributed by atoms with Crippen molar-refractivity contribution in [2.45, 2.75) is 64.1 Å². The Morgan fingerprint density at radius 3 is 2.42 bits per heavy atom. The van der Waals surface area contributed by atoms with Crippen LogP contribution >= 0.6 is 34.8 Å². The first-order valence-electron chi connectivity index (χ1n) is 10.6. The molecule has 0 heterocycles. The lowest BCUT2D eigenvalue weighted by Crippen LogP contribution is -2.50. The Kier molecular flexibility index (Phi) is 8.65. The van der Waals surface area contributed by atoms with Crippen molar-refractivity contribution in [3.63, 3.8) is 0 Å². The molecule has 0 aliphatic heterocycles. The van der Waals surface area contributed by atoms with E-state index in [1.54, 1.807) is 36.1 Å². The molecule has 0 aromatic heterocycles. The minimum absolute atomic E-state index is 0.0810. The number of amides is 2. The van der Waals surface area contributed by atoms with Crippen LogP contribution < -0.4 is 5.32 Å². The molecule has 2 aromatic carbocycles. The topological polar surface area (TPSA) is 49.4 Å². The summed E-state index contributed by atoms with van der Waals surface area (Å²) in [6.07, 6.45) is 5.52. The van der Waals surface area contributed by atoms with Crippen molar-refractivity contribution in [2.24, 2.45) is 0 Å². The SMILES string of the molecule is CC(C(=O)NC1CCCCC1)N(Cc1cccc(Cl)c1)C(=O)Cc1ccc(Cl)cc1Cl. The molecule has 1 fully saturated rings. The molecular formula is C24H27Cl3N2O2. The first-order chi connectivity index (χ1) is 14.8. The maximum Gasteiger partial charge on any atom is 0.242 e. The predicted molar refractivity (Wildman–Crippen MR) is 127 cm³/mol. The Hall–Kier alpha value is -1.75. The van der Waals surface area contributed by atoms with Gasteiger partial charge in [0.15, 0.2) is 0 Å². The Morgan fingerprint density at radius 1 is 1.03 bits per heavy atom. The molecule has 166 valence electrons. The maximum absolute atomic E-state index is 13.3. The van der Waals surface area contributed by atoms with Crippen molar-refractivity contribution >= 4 is 46.6 Å². The van der Waals surface area contributed by atoms with Crippen molar-refractivity contribution in [2.75, 3.05) is 0 Å². The van der Waals surface area contributed by atoms with Gasteiger partial charge in [-0.2, -0.15) is 0 Å². The second kappa shape index (κ2) is 11.2. The lowest BCUT2D eigenvalue weighted by Gasteiger charge is -2.31. The molecule has 4 nitrogen and oxygen atoms in total. The van der Waals surface area contributed by atoms with Crippen LogP contribution in [-0.4, -0.2) is 28.8 Å². The molecule has 1 aliphatic carbocycles. The molecule has 7 heteroatoms. The van der Waals surface area contributed by atoms with Crippen LogP contribution in [0, 0.1) is 0 Å². The molecule has 2 aromatic rings. The van der Waals surface area contributed by atoms with Gasteiger partial charge in [-0.15, -0.1) is 0 Å². The van der Waals surface area contributed by atoms with Gasteiger partial charge in [0.05, 0.1) is 6.42 Å². The van der Waals surface area contributed by atoms with Crippen molar-refractivity contribution < 1.29 is 9.59 Å². The zero-order chi connectivity index (χ0) is 22.4. The quantitative estimate of drug-likeness (QED) is 0.523. The van der Waals surface area contributed by atoms with E-state index in [4.69, 9.17) is 34.8 Å². The summed E-state index contributed by atoms with van der Waals surface area (Å²) in [6, 6.07) is 11.9. The van der Waals surface area contributed by atoms with E-state index in [1.165, 1.54) is 6.42 Å². The second-order valence-corrected chi connectivity index (χ2v) is 9.36. The fourth-order valence-corrected chi connectivity index (χ4v) is 4.60. The summed E-state index contributed by atoms with van der Waals surface area (Å²) in [5, 5.41) is 4.66. The Labute approximate surface area is 198 Å². The minimum atomic E-state index is -0.625. The summed E-state index contributed by atoms with van der Waals surface area (Å²) >= 11 is 18.4. The molecule has 31 heavy (non-hydrogen) atoms. The smallest absolute Gasteiger partial charge is 0.242 e. The Bertz CT molecular complexity index is 929. The number of hydrogen-bond donors (Lipinski definition) is 1. The van der Waals surface area contributed by atoms with Crippen LogP contribution in [0.4, 0.5) is 0 Å². The third-order valence-electron chi connectivity index (χ3n) is 5.72. The lowest BCUT2D eigenvalue weighted by molar-refractivity contribution is -0.140. The lowest BCUT2D eigenvalue weighted by atomic mass is 9.95. The molecule has 1 N–H and O–H groups in total. The van der Waals surface area contributed by atoms with Crippen LogP contribution in [0.2, 0.25) is 15.1 Å². The third-order valence-corrected chi connectivity index (χ3v) is 6.54. The molecular weight excluding hydrogens is 455 g/mol. The molecule has 0 radical (unpaired) electrons. The molecule has 0 spiro atoms. The van der Waals surface area contributed by atoms with Crippen LogP contribution in [-0.2, 0) is 22.6 Å². The minimum Gasteiger partial charge on any atom is -0.352 e. The molecule has 3 rings (SSSR count). The van der Waals surface area contributed by atoms with Gasteiger partial charge in [0.1, 0.15) is 6.04 Å². The summed E-state index contributed by atoms with van der Waals surface area (Å²) in [6.45, 7) is 2.05. The third kappa shape index (κ3) is 6.86. The second-order valence-electron chi connectivity index (χ2n) is 8.08. The number of halogens is 3. The van der Waals surface area contributed by atoms with E-state index in [0.29, 0.717) is 20.6 Å². The number of carbonyl (C=O) groups is 2. The van der Waals surface area contributed by atoms with E-state index in [9.17, 15) is 9.59 Å². The highest BCUT2D eigenvalue weighted by Gasteiger charge is 2.28. The van der Waals surface area contributed by atoms with Gasteiger partial charge in [-0.25, -0.2) is 0 Å². The Morgan fingerprint density at radius 2 is 1.74 bits per heavy atom. The van der Waals surface area contributed by atoms with Crippen LogP contribution in [0.1, 0.15) is 50.2 Å². The van der Waals surface area contributed by atoms with Crippen molar-refractivity contribution in [3.05, 3.63) is 68.7 Å².